The second-order valence-corrected chi connectivity index (χ2v) is 2.85. The van der Waals surface area contributed by atoms with E-state index in [0.717, 1.165) is 0 Å². The molecular weight excluding hydrogens is 175 g/mol. The van der Waals surface area contributed by atoms with Crippen LogP contribution in [0.25, 0.3) is 0 Å². The number of hydrogen-bond acceptors (Lipinski definition) is 3. The Morgan fingerprint density at radius 1 is 1.60 bits per heavy atom. The van der Waals surface area contributed by atoms with E-state index >= 15 is 0 Å². The maximum atomic E-state index is 10.3. The molecule has 0 saturated heterocycles. The average molecular weight is 181 g/mol. The SMILES string of the molecule is O=CC1C(Cl)N=CNC1Cl. The lowest BCUT2D eigenvalue weighted by molar-refractivity contribution is -0.111. The van der Waals surface area contributed by atoms with E-state index in [4.69, 9.17) is 23.2 Å². The van der Waals surface area contributed by atoms with Crippen LogP contribution in [0.2, 0.25) is 0 Å². The van der Waals surface area contributed by atoms with Crippen LogP contribution in [0.1, 0.15) is 0 Å². The molecule has 10 heavy (non-hydrogen) atoms. The summed E-state index contributed by atoms with van der Waals surface area (Å²) < 4.78 is 0. The number of rotatable bonds is 1. The van der Waals surface area contributed by atoms with Crippen LogP contribution in [0, 0.1) is 5.92 Å². The molecule has 0 saturated carbocycles. The Balaban J connectivity index is 2.67. The van der Waals surface area contributed by atoms with E-state index in [1.165, 1.54) is 6.34 Å². The first-order valence-electron chi connectivity index (χ1n) is 2.77. The highest BCUT2D eigenvalue weighted by atomic mass is 35.5. The first kappa shape index (κ1) is 7.82. The maximum absolute atomic E-state index is 10.3. The van der Waals surface area contributed by atoms with Gasteiger partial charge in [0.25, 0.3) is 0 Å². The summed E-state index contributed by atoms with van der Waals surface area (Å²) in [6.07, 6.45) is 2.12. The minimum Gasteiger partial charge on any atom is -0.360 e. The molecule has 1 aliphatic rings. The van der Waals surface area contributed by atoms with E-state index in [0.29, 0.717) is 6.29 Å². The zero-order valence-corrected chi connectivity index (χ0v) is 6.51. The number of carbonyl (C=O) groups excluding carboxylic acids is 1. The molecule has 3 nitrogen and oxygen atoms in total. The monoisotopic (exact) mass is 180 g/mol. The molecule has 56 valence electrons. The highest BCUT2D eigenvalue weighted by Crippen LogP contribution is 2.18. The molecule has 0 aromatic rings. The van der Waals surface area contributed by atoms with Gasteiger partial charge in [0.15, 0.2) is 0 Å². The van der Waals surface area contributed by atoms with Crippen LogP contribution in [0.15, 0.2) is 4.99 Å². The van der Waals surface area contributed by atoms with Crippen LogP contribution in [0.5, 0.6) is 0 Å². The van der Waals surface area contributed by atoms with Crippen molar-refractivity contribution in [3.05, 3.63) is 0 Å². The molecule has 0 spiro atoms. The summed E-state index contributed by atoms with van der Waals surface area (Å²) >= 11 is 11.3. The number of alkyl halides is 2. The molecule has 5 heteroatoms. The Bertz CT molecular complexity index is 162. The molecule has 3 unspecified atom stereocenters. The van der Waals surface area contributed by atoms with Crippen molar-refractivity contribution in [3.8, 4) is 0 Å². The first-order valence-corrected chi connectivity index (χ1v) is 3.64. The normalized spacial score (nSPS) is 38.8. The summed E-state index contributed by atoms with van der Waals surface area (Å²) in [5.74, 6) is -0.437. The predicted octanol–water partition coefficient (Wildman–Crippen LogP) is 0.563. The van der Waals surface area contributed by atoms with Gasteiger partial charge in [-0.1, -0.05) is 23.2 Å². The molecule has 1 rings (SSSR count). The van der Waals surface area contributed by atoms with Crippen LogP contribution >= 0.6 is 23.2 Å². The molecule has 1 heterocycles. The van der Waals surface area contributed by atoms with Gasteiger partial charge in [-0.05, 0) is 0 Å². The summed E-state index contributed by atoms with van der Waals surface area (Å²) in [5, 5.41) is 2.67. The highest BCUT2D eigenvalue weighted by Gasteiger charge is 2.27. The zero-order chi connectivity index (χ0) is 7.56. The summed E-state index contributed by atoms with van der Waals surface area (Å²) in [7, 11) is 0. The van der Waals surface area contributed by atoms with Gasteiger partial charge in [0.2, 0.25) is 0 Å². The lowest BCUT2D eigenvalue weighted by atomic mass is 10.1. The van der Waals surface area contributed by atoms with Crippen molar-refractivity contribution in [1.82, 2.24) is 5.32 Å². The third-order valence-electron chi connectivity index (χ3n) is 1.26. The number of nitrogens with one attached hydrogen (secondary N) is 1. The van der Waals surface area contributed by atoms with Crippen molar-refractivity contribution in [1.29, 1.82) is 0 Å². The van der Waals surface area contributed by atoms with E-state index in [-0.39, 0.29) is 0 Å². The smallest absolute Gasteiger partial charge is 0.138 e. The third kappa shape index (κ3) is 1.41. The van der Waals surface area contributed by atoms with Gasteiger partial charge in [0, 0.05) is 0 Å². The highest BCUT2D eigenvalue weighted by molar-refractivity contribution is 6.26. The quantitative estimate of drug-likeness (QED) is 0.365. The number of carbonyl (C=O) groups is 1. The second kappa shape index (κ2) is 3.21. The van der Waals surface area contributed by atoms with Crippen molar-refractivity contribution >= 4 is 35.8 Å². The van der Waals surface area contributed by atoms with Crippen molar-refractivity contribution < 1.29 is 4.79 Å². The lowest BCUT2D eigenvalue weighted by Gasteiger charge is -2.22. The van der Waals surface area contributed by atoms with E-state index in [2.05, 4.69) is 10.3 Å². The van der Waals surface area contributed by atoms with E-state index in [9.17, 15) is 4.79 Å². The molecule has 1 N–H and O–H groups in total. The fourth-order valence-corrected chi connectivity index (χ4v) is 1.26. The molecule has 0 aliphatic carbocycles. The van der Waals surface area contributed by atoms with Gasteiger partial charge >= 0.3 is 0 Å². The number of hydrogen-bond donors (Lipinski definition) is 1. The van der Waals surface area contributed by atoms with Gasteiger partial charge in [0.1, 0.15) is 17.3 Å². The second-order valence-electron chi connectivity index (χ2n) is 1.93. The molecule has 0 aromatic heterocycles. The molecule has 0 amide bonds. The number of halogens is 2. The molecule has 3 atom stereocenters. The molecule has 0 fully saturated rings. The molecule has 0 bridgehead atoms. The molecular formula is C5H6Cl2N2O. The summed E-state index contributed by atoms with van der Waals surface area (Å²) in [6, 6.07) is 0. The van der Waals surface area contributed by atoms with Crippen LogP contribution in [-0.4, -0.2) is 23.6 Å². The van der Waals surface area contributed by atoms with Crippen LogP contribution in [-0.2, 0) is 4.79 Å². The van der Waals surface area contributed by atoms with E-state index in [1.807, 2.05) is 0 Å². The van der Waals surface area contributed by atoms with Crippen LogP contribution in [0.3, 0.4) is 0 Å². The number of nitrogens with zero attached hydrogens (tertiary/aromatic N) is 1. The van der Waals surface area contributed by atoms with Gasteiger partial charge in [-0.2, -0.15) is 0 Å². The largest absolute Gasteiger partial charge is 0.360 e. The first-order chi connectivity index (χ1) is 4.75. The van der Waals surface area contributed by atoms with Gasteiger partial charge < -0.3 is 10.1 Å². The van der Waals surface area contributed by atoms with E-state index in [1.54, 1.807) is 0 Å². The van der Waals surface area contributed by atoms with Crippen LogP contribution < -0.4 is 5.32 Å². The van der Waals surface area contributed by atoms with Gasteiger partial charge in [-0.3, -0.25) is 4.99 Å². The van der Waals surface area contributed by atoms with E-state index < -0.39 is 16.9 Å². The van der Waals surface area contributed by atoms with Crippen molar-refractivity contribution in [2.75, 3.05) is 0 Å². The fraction of sp³-hybridized carbons (Fsp3) is 0.600. The number of aliphatic imine (C=N–C) groups is 1. The third-order valence-corrected chi connectivity index (χ3v) is 2.08. The average Bonchev–Trinajstić information content (AvgIpc) is 1.88. The maximum Gasteiger partial charge on any atom is 0.138 e. The molecule has 0 aromatic carbocycles. The Labute approximate surface area is 68.4 Å². The van der Waals surface area contributed by atoms with Crippen molar-refractivity contribution in [3.63, 3.8) is 0 Å². The minimum absolute atomic E-state index is 0.433. The molecule has 1 aliphatic heterocycles. The lowest BCUT2D eigenvalue weighted by Crippen LogP contribution is -2.40. The van der Waals surface area contributed by atoms with Gasteiger partial charge in [-0.25, -0.2) is 0 Å². The summed E-state index contributed by atoms with van der Waals surface area (Å²) in [4.78, 5) is 14.0. The van der Waals surface area contributed by atoms with Crippen molar-refractivity contribution in [2.45, 2.75) is 11.0 Å². The molecule has 0 radical (unpaired) electrons. The Hall–Kier alpha value is -0.280. The zero-order valence-electron chi connectivity index (χ0n) is 5.00. The standard InChI is InChI=1S/C5H6Cl2N2O/c6-4-3(1-10)5(7)9-2-8-4/h1-5H,(H,8,9). The van der Waals surface area contributed by atoms with Gasteiger partial charge in [0.05, 0.1) is 12.3 Å². The van der Waals surface area contributed by atoms with Crippen LogP contribution in [0.4, 0.5) is 0 Å². The Kier molecular flexibility index (Phi) is 2.51. The van der Waals surface area contributed by atoms with Crippen molar-refractivity contribution in [2.24, 2.45) is 10.9 Å². The summed E-state index contributed by atoms with van der Waals surface area (Å²) in [6.45, 7) is 0. The number of aldehydes is 1. The fourth-order valence-electron chi connectivity index (χ4n) is 0.669. The predicted molar refractivity (Wildman–Crippen MR) is 40.5 cm³/mol. The Morgan fingerprint density at radius 3 is 2.70 bits per heavy atom. The minimum atomic E-state index is -0.527. The van der Waals surface area contributed by atoms with Gasteiger partial charge in [-0.15, -0.1) is 0 Å². The topological polar surface area (TPSA) is 41.5 Å². The Morgan fingerprint density at radius 2 is 2.30 bits per heavy atom. The summed E-state index contributed by atoms with van der Waals surface area (Å²) in [5.41, 5.74) is -0.959.